The molecule has 6 heteroatoms. The lowest BCUT2D eigenvalue weighted by atomic mass is 10.1. The van der Waals surface area contributed by atoms with E-state index in [1.54, 1.807) is 23.3 Å². The summed E-state index contributed by atoms with van der Waals surface area (Å²) >= 11 is 0. The molecule has 0 atom stereocenters. The number of carbonyl (C=O) groups is 1. The van der Waals surface area contributed by atoms with Crippen LogP contribution in [0.5, 0.6) is 0 Å². The van der Waals surface area contributed by atoms with Crippen LogP contribution in [-0.2, 0) is 13.6 Å². The molecule has 0 aliphatic carbocycles. The van der Waals surface area contributed by atoms with Crippen molar-refractivity contribution in [3.63, 3.8) is 0 Å². The summed E-state index contributed by atoms with van der Waals surface area (Å²) in [6, 6.07) is 9.43. The highest BCUT2D eigenvalue weighted by Gasteiger charge is 2.05. The zero-order valence-corrected chi connectivity index (χ0v) is 13.7. The molecule has 0 aliphatic heterocycles. The third-order valence-electron chi connectivity index (χ3n) is 3.56. The van der Waals surface area contributed by atoms with Crippen LogP contribution in [0.1, 0.15) is 11.1 Å². The van der Waals surface area contributed by atoms with Gasteiger partial charge in [0.05, 0.1) is 6.20 Å². The maximum Gasteiger partial charge on any atom is 0.319 e. The first-order chi connectivity index (χ1) is 11.6. The Hall–Kier alpha value is -3.15. The highest BCUT2D eigenvalue weighted by Crippen LogP contribution is 2.18. The molecule has 2 heterocycles. The van der Waals surface area contributed by atoms with Crippen molar-refractivity contribution in [1.29, 1.82) is 0 Å². The second-order valence-electron chi connectivity index (χ2n) is 5.66. The van der Waals surface area contributed by atoms with Gasteiger partial charge in [-0.1, -0.05) is 12.1 Å². The van der Waals surface area contributed by atoms with Gasteiger partial charge >= 0.3 is 6.03 Å². The summed E-state index contributed by atoms with van der Waals surface area (Å²) in [6.45, 7) is 2.39. The van der Waals surface area contributed by atoms with Crippen molar-refractivity contribution in [3.05, 3.63) is 66.2 Å². The number of urea groups is 1. The third-order valence-corrected chi connectivity index (χ3v) is 3.56. The molecule has 0 aliphatic rings. The molecule has 0 unspecified atom stereocenters. The Balaban J connectivity index is 1.61. The molecule has 0 saturated carbocycles. The van der Waals surface area contributed by atoms with E-state index in [4.69, 9.17) is 0 Å². The highest BCUT2D eigenvalue weighted by molar-refractivity contribution is 5.89. The van der Waals surface area contributed by atoms with Crippen molar-refractivity contribution in [2.75, 3.05) is 5.32 Å². The summed E-state index contributed by atoms with van der Waals surface area (Å²) in [5, 5.41) is 9.82. The molecule has 3 rings (SSSR count). The van der Waals surface area contributed by atoms with Crippen LogP contribution in [0.3, 0.4) is 0 Å². The smallest absolute Gasteiger partial charge is 0.319 e. The van der Waals surface area contributed by atoms with Crippen LogP contribution in [0.25, 0.3) is 11.1 Å². The van der Waals surface area contributed by atoms with E-state index in [9.17, 15) is 4.79 Å². The molecule has 0 saturated heterocycles. The fourth-order valence-corrected chi connectivity index (χ4v) is 2.39. The number of aryl methyl sites for hydroxylation is 2. The Morgan fingerprint density at radius 2 is 2.04 bits per heavy atom. The molecule has 3 aromatic rings. The number of rotatable bonds is 4. The summed E-state index contributed by atoms with van der Waals surface area (Å²) < 4.78 is 1.75. The van der Waals surface area contributed by atoms with Gasteiger partial charge in [0, 0.05) is 49.0 Å². The van der Waals surface area contributed by atoms with Crippen molar-refractivity contribution < 1.29 is 4.79 Å². The standard InChI is InChI=1S/C18H19N5O/c1-13-4-3-5-17(6-13)22-18(24)20-9-14-7-15(10-19-8-14)16-11-21-23(2)12-16/h3-8,10-12H,9H2,1-2H3,(H2,20,22,24). The number of anilines is 1. The first-order valence-corrected chi connectivity index (χ1v) is 7.64. The van der Waals surface area contributed by atoms with Gasteiger partial charge in [-0.3, -0.25) is 9.67 Å². The SMILES string of the molecule is Cc1cccc(NC(=O)NCc2cncc(-c3cnn(C)c3)c2)c1. The van der Waals surface area contributed by atoms with E-state index in [1.165, 1.54) is 0 Å². The molecule has 2 amide bonds. The molecule has 2 aromatic heterocycles. The average molecular weight is 321 g/mol. The zero-order chi connectivity index (χ0) is 16.9. The van der Waals surface area contributed by atoms with Gasteiger partial charge in [-0.25, -0.2) is 4.79 Å². The number of hydrogen-bond donors (Lipinski definition) is 2. The number of pyridine rings is 1. The molecule has 122 valence electrons. The van der Waals surface area contributed by atoms with Crippen LogP contribution in [0, 0.1) is 6.92 Å². The first kappa shape index (κ1) is 15.7. The number of nitrogens with one attached hydrogen (secondary N) is 2. The van der Waals surface area contributed by atoms with Gasteiger partial charge in [0.25, 0.3) is 0 Å². The molecule has 6 nitrogen and oxygen atoms in total. The number of aromatic nitrogens is 3. The number of amides is 2. The molecular formula is C18H19N5O. The number of nitrogens with zero attached hydrogens (tertiary/aromatic N) is 3. The molecule has 24 heavy (non-hydrogen) atoms. The monoisotopic (exact) mass is 321 g/mol. The van der Waals surface area contributed by atoms with Gasteiger partial charge in [-0.2, -0.15) is 5.10 Å². The predicted octanol–water partition coefficient (Wildman–Crippen LogP) is 3.11. The topological polar surface area (TPSA) is 71.8 Å². The van der Waals surface area contributed by atoms with Crippen LogP contribution in [0.2, 0.25) is 0 Å². The van der Waals surface area contributed by atoms with Crippen molar-refractivity contribution in [3.8, 4) is 11.1 Å². The number of benzene rings is 1. The second kappa shape index (κ2) is 6.95. The zero-order valence-electron chi connectivity index (χ0n) is 13.7. The largest absolute Gasteiger partial charge is 0.334 e. The van der Waals surface area contributed by atoms with Crippen LogP contribution >= 0.6 is 0 Å². The molecule has 0 spiro atoms. The fraction of sp³-hybridized carbons (Fsp3) is 0.167. The van der Waals surface area contributed by atoms with E-state index in [2.05, 4.69) is 20.7 Å². The Labute approximate surface area is 140 Å². The summed E-state index contributed by atoms with van der Waals surface area (Å²) in [7, 11) is 1.87. The number of hydrogen-bond acceptors (Lipinski definition) is 3. The minimum atomic E-state index is -0.243. The summed E-state index contributed by atoms with van der Waals surface area (Å²) in [5.41, 5.74) is 4.77. The van der Waals surface area contributed by atoms with E-state index in [-0.39, 0.29) is 6.03 Å². The van der Waals surface area contributed by atoms with Gasteiger partial charge < -0.3 is 10.6 Å². The molecule has 0 fully saturated rings. The molecule has 0 radical (unpaired) electrons. The minimum absolute atomic E-state index is 0.243. The van der Waals surface area contributed by atoms with E-state index in [1.807, 2.05) is 50.5 Å². The van der Waals surface area contributed by atoms with E-state index in [0.717, 1.165) is 27.9 Å². The lowest BCUT2D eigenvalue weighted by Crippen LogP contribution is -2.28. The first-order valence-electron chi connectivity index (χ1n) is 7.64. The highest BCUT2D eigenvalue weighted by atomic mass is 16.2. The van der Waals surface area contributed by atoms with Gasteiger partial charge in [0.1, 0.15) is 0 Å². The summed E-state index contributed by atoms with van der Waals surface area (Å²) in [6.07, 6.45) is 7.25. The summed E-state index contributed by atoms with van der Waals surface area (Å²) in [5.74, 6) is 0. The molecule has 1 aromatic carbocycles. The second-order valence-corrected chi connectivity index (χ2v) is 5.66. The Bertz CT molecular complexity index is 856. The van der Waals surface area contributed by atoms with Crippen LogP contribution in [0.4, 0.5) is 10.5 Å². The Morgan fingerprint density at radius 1 is 1.17 bits per heavy atom. The van der Waals surface area contributed by atoms with E-state index < -0.39 is 0 Å². The Morgan fingerprint density at radius 3 is 2.79 bits per heavy atom. The molecular weight excluding hydrogens is 302 g/mol. The quantitative estimate of drug-likeness (QED) is 0.775. The van der Waals surface area contributed by atoms with Gasteiger partial charge in [-0.15, -0.1) is 0 Å². The lowest BCUT2D eigenvalue weighted by Gasteiger charge is -2.08. The summed E-state index contributed by atoms with van der Waals surface area (Å²) in [4.78, 5) is 16.2. The van der Waals surface area contributed by atoms with E-state index >= 15 is 0 Å². The van der Waals surface area contributed by atoms with Crippen molar-refractivity contribution in [2.45, 2.75) is 13.5 Å². The lowest BCUT2D eigenvalue weighted by molar-refractivity contribution is 0.251. The van der Waals surface area contributed by atoms with Crippen molar-refractivity contribution >= 4 is 11.7 Å². The van der Waals surface area contributed by atoms with Gasteiger partial charge in [0.15, 0.2) is 0 Å². The van der Waals surface area contributed by atoms with Crippen molar-refractivity contribution in [2.24, 2.45) is 7.05 Å². The Kier molecular flexibility index (Phi) is 4.56. The predicted molar refractivity (Wildman–Crippen MR) is 93.5 cm³/mol. The van der Waals surface area contributed by atoms with Crippen molar-refractivity contribution in [1.82, 2.24) is 20.1 Å². The van der Waals surface area contributed by atoms with Gasteiger partial charge in [-0.05, 0) is 36.2 Å². The fourth-order valence-electron chi connectivity index (χ4n) is 2.39. The molecule has 0 bridgehead atoms. The van der Waals surface area contributed by atoms with Crippen LogP contribution in [-0.4, -0.2) is 20.8 Å². The van der Waals surface area contributed by atoms with Crippen LogP contribution in [0.15, 0.2) is 55.1 Å². The van der Waals surface area contributed by atoms with Gasteiger partial charge in [0.2, 0.25) is 0 Å². The minimum Gasteiger partial charge on any atom is -0.334 e. The number of carbonyl (C=O) groups excluding carboxylic acids is 1. The average Bonchev–Trinajstić information content (AvgIpc) is 3.00. The normalized spacial score (nSPS) is 10.4. The maximum atomic E-state index is 12.0. The van der Waals surface area contributed by atoms with Crippen LogP contribution < -0.4 is 10.6 Å². The third kappa shape index (κ3) is 3.98. The molecule has 2 N–H and O–H groups in total. The maximum absolute atomic E-state index is 12.0. The van der Waals surface area contributed by atoms with E-state index in [0.29, 0.717) is 6.54 Å².